The van der Waals surface area contributed by atoms with Crippen LogP contribution in [0.3, 0.4) is 0 Å². The van der Waals surface area contributed by atoms with Gasteiger partial charge in [0.15, 0.2) is 5.82 Å². The van der Waals surface area contributed by atoms with Crippen LogP contribution in [0.4, 0.5) is 11.5 Å². The second-order valence-corrected chi connectivity index (χ2v) is 4.14. The van der Waals surface area contributed by atoms with E-state index in [9.17, 15) is 0 Å². The monoisotopic (exact) mass is 238 g/mol. The SMILES string of the molecule is Cc1cnc(C)c(N(C)c2cccc(C#N)c2)n1. The first kappa shape index (κ1) is 12.1. The molecule has 18 heavy (non-hydrogen) atoms. The second-order valence-electron chi connectivity index (χ2n) is 4.14. The summed E-state index contributed by atoms with van der Waals surface area (Å²) in [7, 11) is 1.92. The molecule has 0 unspecified atom stereocenters. The second kappa shape index (κ2) is 4.84. The third-order valence-corrected chi connectivity index (χ3v) is 2.73. The molecule has 4 heteroatoms. The molecular weight excluding hydrogens is 224 g/mol. The Morgan fingerprint density at radius 1 is 1.28 bits per heavy atom. The van der Waals surface area contributed by atoms with E-state index in [1.807, 2.05) is 44.0 Å². The average Bonchev–Trinajstić information content (AvgIpc) is 2.41. The van der Waals surface area contributed by atoms with Crippen LogP contribution in [0.25, 0.3) is 0 Å². The molecule has 0 N–H and O–H groups in total. The molecule has 1 heterocycles. The van der Waals surface area contributed by atoms with Gasteiger partial charge in [-0.25, -0.2) is 4.98 Å². The van der Waals surface area contributed by atoms with E-state index >= 15 is 0 Å². The summed E-state index contributed by atoms with van der Waals surface area (Å²) in [6, 6.07) is 9.57. The zero-order valence-corrected chi connectivity index (χ0v) is 10.7. The van der Waals surface area contributed by atoms with Crippen LogP contribution in [0.2, 0.25) is 0 Å². The van der Waals surface area contributed by atoms with Gasteiger partial charge in [0.25, 0.3) is 0 Å². The van der Waals surface area contributed by atoms with Gasteiger partial charge in [-0.2, -0.15) is 5.26 Å². The van der Waals surface area contributed by atoms with Crippen LogP contribution in [-0.2, 0) is 0 Å². The molecule has 0 fully saturated rings. The third kappa shape index (κ3) is 2.30. The van der Waals surface area contributed by atoms with Gasteiger partial charge in [0.2, 0.25) is 0 Å². The summed E-state index contributed by atoms with van der Waals surface area (Å²) in [5.74, 6) is 0.810. The highest BCUT2D eigenvalue weighted by Gasteiger charge is 2.10. The van der Waals surface area contributed by atoms with Crippen LogP contribution in [0.5, 0.6) is 0 Å². The summed E-state index contributed by atoms with van der Waals surface area (Å²) in [6.45, 7) is 3.84. The van der Waals surface area contributed by atoms with Crippen LogP contribution < -0.4 is 4.90 Å². The van der Waals surface area contributed by atoms with Crippen molar-refractivity contribution in [2.24, 2.45) is 0 Å². The van der Waals surface area contributed by atoms with E-state index in [0.29, 0.717) is 5.56 Å². The van der Waals surface area contributed by atoms with Crippen molar-refractivity contribution in [1.29, 1.82) is 5.26 Å². The number of anilines is 2. The number of rotatable bonds is 2. The number of nitrogens with zero attached hydrogens (tertiary/aromatic N) is 4. The zero-order valence-electron chi connectivity index (χ0n) is 10.7. The number of hydrogen-bond donors (Lipinski definition) is 0. The number of nitriles is 1. The van der Waals surface area contributed by atoms with Crippen molar-refractivity contribution in [2.75, 3.05) is 11.9 Å². The fourth-order valence-corrected chi connectivity index (χ4v) is 1.75. The molecule has 0 aliphatic heterocycles. The number of benzene rings is 1. The minimum Gasteiger partial charge on any atom is -0.328 e. The van der Waals surface area contributed by atoms with Gasteiger partial charge >= 0.3 is 0 Å². The molecule has 0 radical (unpaired) electrons. The standard InChI is InChI=1S/C14H14N4/c1-10-9-16-11(2)14(17-10)18(3)13-6-4-5-12(7-13)8-15/h4-7,9H,1-3H3. The van der Waals surface area contributed by atoms with Crippen LogP contribution in [0.15, 0.2) is 30.5 Å². The lowest BCUT2D eigenvalue weighted by Crippen LogP contribution is -2.14. The molecule has 0 amide bonds. The van der Waals surface area contributed by atoms with E-state index in [-0.39, 0.29) is 0 Å². The van der Waals surface area contributed by atoms with E-state index < -0.39 is 0 Å². The van der Waals surface area contributed by atoms with Crippen LogP contribution in [0, 0.1) is 25.2 Å². The predicted octanol–water partition coefficient (Wildman–Crippen LogP) is 2.73. The van der Waals surface area contributed by atoms with Gasteiger partial charge in [-0.05, 0) is 32.0 Å². The molecule has 0 atom stereocenters. The topological polar surface area (TPSA) is 52.8 Å². The van der Waals surface area contributed by atoms with E-state index in [4.69, 9.17) is 5.26 Å². The molecule has 90 valence electrons. The van der Waals surface area contributed by atoms with Gasteiger partial charge in [-0.1, -0.05) is 6.07 Å². The van der Waals surface area contributed by atoms with E-state index in [1.165, 1.54) is 0 Å². The third-order valence-electron chi connectivity index (χ3n) is 2.73. The number of aromatic nitrogens is 2. The fourth-order valence-electron chi connectivity index (χ4n) is 1.75. The highest BCUT2D eigenvalue weighted by Crippen LogP contribution is 2.24. The molecular formula is C14H14N4. The number of hydrogen-bond acceptors (Lipinski definition) is 4. The quantitative estimate of drug-likeness (QED) is 0.807. The van der Waals surface area contributed by atoms with E-state index in [0.717, 1.165) is 22.9 Å². The van der Waals surface area contributed by atoms with Gasteiger partial charge in [-0.15, -0.1) is 0 Å². The maximum atomic E-state index is 8.92. The lowest BCUT2D eigenvalue weighted by Gasteiger charge is -2.20. The highest BCUT2D eigenvalue weighted by atomic mass is 15.2. The molecule has 2 rings (SSSR count). The van der Waals surface area contributed by atoms with Crippen molar-refractivity contribution in [3.8, 4) is 6.07 Å². The Kier molecular flexibility index (Phi) is 3.24. The molecule has 0 saturated heterocycles. The molecule has 1 aromatic heterocycles. The van der Waals surface area contributed by atoms with Crippen molar-refractivity contribution in [3.63, 3.8) is 0 Å². The van der Waals surface area contributed by atoms with Crippen molar-refractivity contribution < 1.29 is 0 Å². The minimum atomic E-state index is 0.637. The van der Waals surface area contributed by atoms with Gasteiger partial charge in [0.05, 0.1) is 23.0 Å². The van der Waals surface area contributed by atoms with Crippen LogP contribution in [0.1, 0.15) is 17.0 Å². The molecule has 0 aliphatic rings. The molecule has 1 aromatic carbocycles. The maximum absolute atomic E-state index is 8.92. The lowest BCUT2D eigenvalue weighted by atomic mass is 10.2. The largest absolute Gasteiger partial charge is 0.328 e. The summed E-state index contributed by atoms with van der Waals surface area (Å²) in [6.07, 6.45) is 1.75. The molecule has 4 nitrogen and oxygen atoms in total. The summed E-state index contributed by atoms with van der Waals surface area (Å²) in [5, 5.41) is 8.92. The van der Waals surface area contributed by atoms with E-state index in [1.54, 1.807) is 12.3 Å². The Morgan fingerprint density at radius 2 is 2.06 bits per heavy atom. The molecule has 0 saturated carbocycles. The van der Waals surface area contributed by atoms with E-state index in [2.05, 4.69) is 16.0 Å². The highest BCUT2D eigenvalue weighted by molar-refractivity contribution is 5.62. The summed E-state index contributed by atoms with van der Waals surface area (Å²) in [5.41, 5.74) is 3.30. The predicted molar refractivity (Wildman–Crippen MR) is 70.7 cm³/mol. The smallest absolute Gasteiger partial charge is 0.154 e. The molecule has 0 bridgehead atoms. The first-order chi connectivity index (χ1) is 8.61. The van der Waals surface area contributed by atoms with Crippen molar-refractivity contribution in [3.05, 3.63) is 47.4 Å². The van der Waals surface area contributed by atoms with Crippen LogP contribution in [-0.4, -0.2) is 17.0 Å². The van der Waals surface area contributed by atoms with Gasteiger partial charge < -0.3 is 4.90 Å². The van der Waals surface area contributed by atoms with Crippen molar-refractivity contribution in [2.45, 2.75) is 13.8 Å². The Morgan fingerprint density at radius 3 is 2.78 bits per heavy atom. The molecule has 0 aliphatic carbocycles. The Labute approximate surface area is 107 Å². The fraction of sp³-hybridized carbons (Fsp3) is 0.214. The van der Waals surface area contributed by atoms with Crippen molar-refractivity contribution in [1.82, 2.24) is 9.97 Å². The normalized spacial score (nSPS) is 9.89. The van der Waals surface area contributed by atoms with Crippen molar-refractivity contribution >= 4 is 11.5 Å². The van der Waals surface area contributed by atoms with Gasteiger partial charge in [0.1, 0.15) is 0 Å². The number of aryl methyl sites for hydroxylation is 2. The minimum absolute atomic E-state index is 0.637. The summed E-state index contributed by atoms with van der Waals surface area (Å²) < 4.78 is 0. The first-order valence-corrected chi connectivity index (χ1v) is 5.66. The summed E-state index contributed by atoms with van der Waals surface area (Å²) in [4.78, 5) is 10.7. The maximum Gasteiger partial charge on any atom is 0.154 e. The Bertz CT molecular complexity index is 613. The Hall–Kier alpha value is -2.41. The molecule has 0 spiro atoms. The average molecular weight is 238 g/mol. The Balaban J connectivity index is 2.44. The first-order valence-electron chi connectivity index (χ1n) is 5.66. The van der Waals surface area contributed by atoms with Gasteiger partial charge in [-0.3, -0.25) is 4.98 Å². The zero-order chi connectivity index (χ0) is 13.1. The summed E-state index contributed by atoms with van der Waals surface area (Å²) >= 11 is 0. The van der Waals surface area contributed by atoms with Gasteiger partial charge in [0, 0.05) is 18.9 Å². The van der Waals surface area contributed by atoms with Crippen LogP contribution >= 0.6 is 0 Å². The lowest BCUT2D eigenvalue weighted by molar-refractivity contribution is 1.01. The molecule has 2 aromatic rings.